The number of nitrogens with zero attached hydrogens (tertiary/aromatic N) is 2. The molecule has 0 fully saturated rings. The topological polar surface area (TPSA) is 91.0 Å². The van der Waals surface area contributed by atoms with Crippen LogP contribution in [-0.2, 0) is 16.1 Å². The number of non-ortho nitro benzene ring substituents is 1. The van der Waals surface area contributed by atoms with E-state index in [0.717, 1.165) is 5.56 Å². The molecule has 0 aliphatic carbocycles. The van der Waals surface area contributed by atoms with Gasteiger partial charge in [-0.3, -0.25) is 10.1 Å². The molecule has 0 radical (unpaired) electrons. The van der Waals surface area contributed by atoms with Crippen molar-refractivity contribution in [3.63, 3.8) is 0 Å². The number of carbonyl (C=O) groups is 1. The summed E-state index contributed by atoms with van der Waals surface area (Å²) in [6, 6.07) is 19.0. The molecular formula is C23H14Br2N2O5. The zero-order valence-corrected chi connectivity index (χ0v) is 19.5. The molecule has 0 bridgehead atoms. The highest BCUT2D eigenvalue weighted by Gasteiger charge is 2.24. The first-order valence-corrected chi connectivity index (χ1v) is 10.9. The fourth-order valence-electron chi connectivity index (χ4n) is 2.99. The Morgan fingerprint density at radius 2 is 1.75 bits per heavy atom. The Morgan fingerprint density at radius 1 is 1.03 bits per heavy atom. The molecule has 0 aromatic heterocycles. The minimum absolute atomic E-state index is 0.00470. The highest BCUT2D eigenvalue weighted by atomic mass is 79.9. The highest BCUT2D eigenvalue weighted by molar-refractivity contribution is 9.11. The molecule has 0 atom stereocenters. The Bertz CT molecular complexity index is 1250. The Morgan fingerprint density at radius 3 is 2.44 bits per heavy atom. The maximum atomic E-state index is 12.2. The predicted molar refractivity (Wildman–Crippen MR) is 126 cm³/mol. The average molecular weight is 558 g/mol. The minimum Gasteiger partial charge on any atom is -0.487 e. The number of rotatable bonds is 6. The van der Waals surface area contributed by atoms with Crippen LogP contribution < -0.4 is 4.74 Å². The quantitative estimate of drug-likeness (QED) is 0.159. The van der Waals surface area contributed by atoms with E-state index in [1.165, 1.54) is 12.1 Å². The number of carbonyl (C=O) groups excluding carboxylic acids is 1. The van der Waals surface area contributed by atoms with Crippen molar-refractivity contribution in [2.75, 3.05) is 0 Å². The lowest BCUT2D eigenvalue weighted by Gasteiger charge is -2.11. The van der Waals surface area contributed by atoms with Gasteiger partial charge < -0.3 is 9.47 Å². The minimum atomic E-state index is -0.526. The Balaban J connectivity index is 1.54. The molecule has 3 aromatic carbocycles. The molecule has 0 saturated heterocycles. The van der Waals surface area contributed by atoms with Gasteiger partial charge in [0.2, 0.25) is 5.90 Å². The second kappa shape index (κ2) is 9.46. The van der Waals surface area contributed by atoms with Crippen LogP contribution in [0.2, 0.25) is 0 Å². The van der Waals surface area contributed by atoms with Gasteiger partial charge >= 0.3 is 5.97 Å². The van der Waals surface area contributed by atoms with Crippen LogP contribution in [-0.4, -0.2) is 16.8 Å². The maximum Gasteiger partial charge on any atom is 0.363 e. The van der Waals surface area contributed by atoms with E-state index in [4.69, 9.17) is 9.47 Å². The lowest BCUT2D eigenvalue weighted by molar-refractivity contribution is -0.384. The Kier molecular flexibility index (Phi) is 6.48. The van der Waals surface area contributed by atoms with Crippen LogP contribution in [0.15, 0.2) is 86.4 Å². The Hall–Kier alpha value is -3.30. The number of cyclic esters (lactones) is 1. The van der Waals surface area contributed by atoms with Gasteiger partial charge in [-0.05, 0) is 73.3 Å². The first kappa shape index (κ1) is 21.9. The fraction of sp³-hybridized carbons (Fsp3) is 0.0435. The van der Waals surface area contributed by atoms with Gasteiger partial charge in [0, 0.05) is 17.7 Å². The second-order valence-corrected chi connectivity index (χ2v) is 8.44. The van der Waals surface area contributed by atoms with E-state index in [1.54, 1.807) is 30.3 Å². The fourth-order valence-corrected chi connectivity index (χ4v) is 4.44. The molecule has 0 spiro atoms. The van der Waals surface area contributed by atoms with E-state index >= 15 is 0 Å². The standard InChI is InChI=1S/C23H14Br2N2O5/c24-18-10-15(12-20-23(28)32-22(26-20)16-6-2-1-3-7-16)11-19(25)21(18)31-13-14-5-4-8-17(9-14)27(29)30/h1-12H,13H2/b20-12-. The number of aliphatic imine (C=N–C) groups is 1. The largest absolute Gasteiger partial charge is 0.487 e. The molecule has 1 heterocycles. The van der Waals surface area contributed by atoms with Gasteiger partial charge in [-0.15, -0.1) is 0 Å². The number of ether oxygens (including phenoxy) is 2. The first-order valence-electron chi connectivity index (χ1n) is 9.34. The number of nitro benzene ring substituents is 1. The van der Waals surface area contributed by atoms with E-state index in [2.05, 4.69) is 36.9 Å². The zero-order chi connectivity index (χ0) is 22.7. The SMILES string of the molecule is O=C1OC(c2ccccc2)=N/C1=C\c1cc(Br)c(OCc2cccc([N+](=O)[O-])c2)c(Br)c1. The molecule has 160 valence electrons. The van der Waals surface area contributed by atoms with Crippen molar-refractivity contribution >= 4 is 55.5 Å². The summed E-state index contributed by atoms with van der Waals surface area (Å²) in [6.07, 6.45) is 1.62. The summed E-state index contributed by atoms with van der Waals surface area (Å²) >= 11 is 6.96. The van der Waals surface area contributed by atoms with Crippen molar-refractivity contribution in [2.24, 2.45) is 4.99 Å². The van der Waals surface area contributed by atoms with E-state index < -0.39 is 10.9 Å². The van der Waals surface area contributed by atoms with Crippen LogP contribution in [0.3, 0.4) is 0 Å². The number of hydrogen-bond acceptors (Lipinski definition) is 6. The van der Waals surface area contributed by atoms with Crippen LogP contribution in [0.5, 0.6) is 5.75 Å². The molecular weight excluding hydrogens is 544 g/mol. The number of esters is 1. The van der Waals surface area contributed by atoms with Gasteiger partial charge in [0.15, 0.2) is 5.70 Å². The van der Waals surface area contributed by atoms with Gasteiger partial charge in [-0.2, -0.15) is 0 Å². The van der Waals surface area contributed by atoms with Gasteiger partial charge in [0.25, 0.3) is 5.69 Å². The molecule has 3 aromatic rings. The average Bonchev–Trinajstić information content (AvgIpc) is 3.14. The van der Waals surface area contributed by atoms with Crippen LogP contribution in [0.25, 0.3) is 6.08 Å². The summed E-state index contributed by atoms with van der Waals surface area (Å²) in [5.41, 5.74) is 2.28. The smallest absolute Gasteiger partial charge is 0.363 e. The number of benzene rings is 3. The lowest BCUT2D eigenvalue weighted by Crippen LogP contribution is -2.04. The summed E-state index contributed by atoms with van der Waals surface area (Å²) < 4.78 is 12.4. The zero-order valence-electron chi connectivity index (χ0n) is 16.3. The van der Waals surface area contributed by atoms with Crippen molar-refractivity contribution in [2.45, 2.75) is 6.61 Å². The molecule has 4 rings (SSSR count). The molecule has 1 aliphatic rings. The van der Waals surface area contributed by atoms with Gasteiger partial charge in [-0.25, -0.2) is 9.79 Å². The molecule has 1 aliphatic heterocycles. The van der Waals surface area contributed by atoms with Crippen molar-refractivity contribution in [3.05, 3.63) is 108 Å². The molecule has 0 amide bonds. The first-order chi connectivity index (χ1) is 15.4. The van der Waals surface area contributed by atoms with Crippen molar-refractivity contribution < 1.29 is 19.2 Å². The van der Waals surface area contributed by atoms with Crippen LogP contribution in [0.4, 0.5) is 5.69 Å². The van der Waals surface area contributed by atoms with Gasteiger partial charge in [0.05, 0.1) is 13.9 Å². The van der Waals surface area contributed by atoms with E-state index in [0.29, 0.717) is 25.8 Å². The third-order valence-corrected chi connectivity index (χ3v) is 5.65. The molecule has 7 nitrogen and oxygen atoms in total. The molecule has 0 saturated carbocycles. The normalized spacial score (nSPS) is 14.2. The summed E-state index contributed by atoms with van der Waals surface area (Å²) in [4.78, 5) is 27.0. The number of halogens is 2. The van der Waals surface area contributed by atoms with Crippen LogP contribution in [0.1, 0.15) is 16.7 Å². The van der Waals surface area contributed by atoms with Crippen molar-refractivity contribution in [3.8, 4) is 5.75 Å². The molecule has 0 unspecified atom stereocenters. The van der Waals surface area contributed by atoms with E-state index in [1.807, 2.05) is 30.3 Å². The Labute approximate surface area is 199 Å². The number of hydrogen-bond donors (Lipinski definition) is 0. The lowest BCUT2D eigenvalue weighted by atomic mass is 10.2. The van der Waals surface area contributed by atoms with Crippen molar-refractivity contribution in [1.82, 2.24) is 0 Å². The molecule has 9 heteroatoms. The van der Waals surface area contributed by atoms with E-state index in [-0.39, 0.29) is 23.9 Å². The summed E-state index contributed by atoms with van der Waals surface area (Å²) in [6.45, 7) is 0.149. The third kappa shape index (κ3) is 4.95. The second-order valence-electron chi connectivity index (χ2n) is 6.73. The van der Waals surface area contributed by atoms with Crippen molar-refractivity contribution in [1.29, 1.82) is 0 Å². The summed E-state index contributed by atoms with van der Waals surface area (Å²) in [5.74, 6) is 0.264. The van der Waals surface area contributed by atoms with Gasteiger partial charge in [0.1, 0.15) is 12.4 Å². The molecule has 0 N–H and O–H groups in total. The molecule has 32 heavy (non-hydrogen) atoms. The van der Waals surface area contributed by atoms with Crippen LogP contribution >= 0.6 is 31.9 Å². The number of nitro groups is 1. The van der Waals surface area contributed by atoms with E-state index in [9.17, 15) is 14.9 Å². The summed E-state index contributed by atoms with van der Waals surface area (Å²) in [5, 5.41) is 10.9. The predicted octanol–water partition coefficient (Wildman–Crippen LogP) is 6.04. The maximum absolute atomic E-state index is 12.2. The van der Waals surface area contributed by atoms with Crippen LogP contribution in [0, 0.1) is 10.1 Å². The monoisotopic (exact) mass is 556 g/mol. The third-order valence-electron chi connectivity index (χ3n) is 4.47. The highest BCUT2D eigenvalue weighted by Crippen LogP contribution is 2.36. The van der Waals surface area contributed by atoms with Gasteiger partial charge in [-0.1, -0.05) is 30.3 Å². The summed E-state index contributed by atoms with van der Waals surface area (Å²) in [7, 11) is 0.